The highest BCUT2D eigenvalue weighted by atomic mass is 35.5. The minimum Gasteiger partial charge on any atom is -0.495 e. The Balaban J connectivity index is 2.47. The molecule has 0 amide bonds. The lowest BCUT2D eigenvalue weighted by atomic mass is 10.1. The third kappa shape index (κ3) is 3.43. The van der Waals surface area contributed by atoms with Gasteiger partial charge in [-0.05, 0) is 36.8 Å². The molecule has 2 aromatic rings. The predicted molar refractivity (Wildman–Crippen MR) is 88.3 cm³/mol. The molecule has 0 fully saturated rings. The van der Waals surface area contributed by atoms with E-state index < -0.39 is 5.82 Å². The maximum atomic E-state index is 13.3. The van der Waals surface area contributed by atoms with Gasteiger partial charge in [0.1, 0.15) is 16.6 Å². The van der Waals surface area contributed by atoms with E-state index in [2.05, 4.69) is 5.32 Å². The molecule has 3 nitrogen and oxygen atoms in total. The number of aryl methyl sites for hydroxylation is 1. The minimum absolute atomic E-state index is 0.113. The van der Waals surface area contributed by atoms with Gasteiger partial charge in [-0.3, -0.25) is 0 Å². The van der Waals surface area contributed by atoms with E-state index in [0.717, 1.165) is 5.56 Å². The van der Waals surface area contributed by atoms with Crippen LogP contribution in [-0.2, 0) is 0 Å². The number of methoxy groups -OCH3 is 1. The molecule has 0 heterocycles. The summed E-state index contributed by atoms with van der Waals surface area (Å²) in [7, 11) is 1.55. The second kappa shape index (κ2) is 6.28. The first-order valence-electron chi connectivity index (χ1n) is 6.13. The Bertz CT molecular complexity index is 706. The molecule has 3 N–H and O–H groups in total. The lowest BCUT2D eigenvalue weighted by molar-refractivity contribution is 0.417. The van der Waals surface area contributed by atoms with Crippen LogP contribution in [0.2, 0.25) is 5.02 Å². The van der Waals surface area contributed by atoms with Gasteiger partial charge in [0.2, 0.25) is 0 Å². The maximum Gasteiger partial charge on any atom is 0.143 e. The van der Waals surface area contributed by atoms with Gasteiger partial charge in [-0.1, -0.05) is 23.8 Å². The van der Waals surface area contributed by atoms with Crippen molar-refractivity contribution in [3.63, 3.8) is 0 Å². The maximum absolute atomic E-state index is 13.3. The molecule has 110 valence electrons. The molecule has 0 radical (unpaired) electrons. The summed E-state index contributed by atoms with van der Waals surface area (Å²) in [5.41, 5.74) is 8.25. The number of nitrogens with one attached hydrogen (secondary N) is 1. The Kier molecular flexibility index (Phi) is 4.65. The van der Waals surface area contributed by atoms with Crippen LogP contribution in [0.25, 0.3) is 0 Å². The second-order valence-electron chi connectivity index (χ2n) is 4.48. The van der Waals surface area contributed by atoms with Crippen LogP contribution in [0.15, 0.2) is 30.3 Å². The predicted octanol–water partition coefficient (Wildman–Crippen LogP) is 4.17. The molecule has 2 aromatic carbocycles. The van der Waals surface area contributed by atoms with E-state index in [1.54, 1.807) is 19.2 Å². The van der Waals surface area contributed by atoms with Crippen LogP contribution >= 0.6 is 23.8 Å². The van der Waals surface area contributed by atoms with Gasteiger partial charge in [-0.15, -0.1) is 0 Å². The van der Waals surface area contributed by atoms with Crippen molar-refractivity contribution in [2.24, 2.45) is 5.73 Å². The topological polar surface area (TPSA) is 47.3 Å². The van der Waals surface area contributed by atoms with Crippen molar-refractivity contribution in [2.45, 2.75) is 6.92 Å². The largest absolute Gasteiger partial charge is 0.495 e. The van der Waals surface area contributed by atoms with Crippen molar-refractivity contribution in [1.82, 2.24) is 0 Å². The summed E-state index contributed by atoms with van der Waals surface area (Å²) in [6, 6.07) is 7.75. The van der Waals surface area contributed by atoms with Crippen LogP contribution in [0.4, 0.5) is 15.8 Å². The summed E-state index contributed by atoms with van der Waals surface area (Å²) < 4.78 is 18.6. The highest BCUT2D eigenvalue weighted by Crippen LogP contribution is 2.34. The summed E-state index contributed by atoms with van der Waals surface area (Å²) in [6.07, 6.45) is 0. The lowest BCUT2D eigenvalue weighted by Gasteiger charge is -2.15. The van der Waals surface area contributed by atoms with Crippen molar-refractivity contribution in [1.29, 1.82) is 0 Å². The zero-order valence-corrected chi connectivity index (χ0v) is 13.1. The van der Waals surface area contributed by atoms with Gasteiger partial charge in [0.25, 0.3) is 0 Å². The Morgan fingerprint density at radius 2 is 2.00 bits per heavy atom. The number of hydrogen-bond donors (Lipinski definition) is 2. The van der Waals surface area contributed by atoms with Crippen LogP contribution < -0.4 is 15.8 Å². The third-order valence-electron chi connectivity index (χ3n) is 3.00. The SMILES string of the molecule is COc1cc(Cl)c(C)cc1Nc1ccc(F)cc1C(N)=S. The van der Waals surface area contributed by atoms with Crippen molar-refractivity contribution >= 4 is 40.2 Å². The molecule has 6 heteroatoms. The number of rotatable bonds is 4. The molecular formula is C15H14ClFN2OS. The fourth-order valence-electron chi connectivity index (χ4n) is 1.90. The van der Waals surface area contributed by atoms with Gasteiger partial charge in [-0.2, -0.15) is 0 Å². The first-order chi connectivity index (χ1) is 9.92. The van der Waals surface area contributed by atoms with E-state index in [0.29, 0.717) is 27.7 Å². The summed E-state index contributed by atoms with van der Waals surface area (Å²) in [5.74, 6) is 0.173. The van der Waals surface area contributed by atoms with E-state index in [9.17, 15) is 4.39 Å². The van der Waals surface area contributed by atoms with E-state index >= 15 is 0 Å². The molecule has 21 heavy (non-hydrogen) atoms. The van der Waals surface area contributed by atoms with Gasteiger partial charge in [0.15, 0.2) is 0 Å². The molecular weight excluding hydrogens is 311 g/mol. The van der Waals surface area contributed by atoms with Gasteiger partial charge in [0, 0.05) is 22.3 Å². The zero-order valence-electron chi connectivity index (χ0n) is 11.5. The average molecular weight is 325 g/mol. The number of halogens is 2. The number of hydrogen-bond acceptors (Lipinski definition) is 3. The highest BCUT2D eigenvalue weighted by molar-refractivity contribution is 7.80. The number of anilines is 2. The Morgan fingerprint density at radius 1 is 1.29 bits per heavy atom. The Morgan fingerprint density at radius 3 is 2.62 bits per heavy atom. The van der Waals surface area contributed by atoms with Crippen molar-refractivity contribution in [3.05, 3.63) is 52.3 Å². The summed E-state index contributed by atoms with van der Waals surface area (Å²) >= 11 is 11.0. The quantitative estimate of drug-likeness (QED) is 0.828. The monoisotopic (exact) mass is 324 g/mol. The van der Waals surface area contributed by atoms with Gasteiger partial charge in [-0.25, -0.2) is 4.39 Å². The third-order valence-corrected chi connectivity index (χ3v) is 3.62. The Hall–Kier alpha value is -1.85. The van der Waals surface area contributed by atoms with E-state index in [-0.39, 0.29) is 4.99 Å². The van der Waals surface area contributed by atoms with Crippen molar-refractivity contribution < 1.29 is 9.13 Å². The molecule has 0 aliphatic carbocycles. The fraction of sp³-hybridized carbons (Fsp3) is 0.133. The number of thiocarbonyl (C=S) groups is 1. The summed E-state index contributed by atoms with van der Waals surface area (Å²) in [4.78, 5) is 0.113. The summed E-state index contributed by atoms with van der Waals surface area (Å²) in [6.45, 7) is 1.88. The normalized spacial score (nSPS) is 10.3. The van der Waals surface area contributed by atoms with E-state index in [1.807, 2.05) is 13.0 Å². The first kappa shape index (κ1) is 15.5. The number of benzene rings is 2. The van der Waals surface area contributed by atoms with Crippen LogP contribution in [0.1, 0.15) is 11.1 Å². The van der Waals surface area contributed by atoms with Crippen molar-refractivity contribution in [2.75, 3.05) is 12.4 Å². The van der Waals surface area contributed by atoms with E-state index in [4.69, 9.17) is 34.3 Å². The van der Waals surface area contributed by atoms with Crippen molar-refractivity contribution in [3.8, 4) is 5.75 Å². The molecule has 2 rings (SSSR count). The second-order valence-corrected chi connectivity index (χ2v) is 5.33. The molecule has 0 bridgehead atoms. The lowest BCUT2D eigenvalue weighted by Crippen LogP contribution is -2.12. The fourth-order valence-corrected chi connectivity index (χ4v) is 2.23. The molecule has 0 unspecified atom stereocenters. The molecule has 0 saturated heterocycles. The average Bonchev–Trinajstić information content (AvgIpc) is 2.44. The zero-order chi connectivity index (χ0) is 15.6. The highest BCUT2D eigenvalue weighted by Gasteiger charge is 2.11. The van der Waals surface area contributed by atoms with Crippen LogP contribution in [0, 0.1) is 12.7 Å². The van der Waals surface area contributed by atoms with Crippen LogP contribution in [0.3, 0.4) is 0 Å². The molecule has 0 atom stereocenters. The molecule has 0 aliphatic heterocycles. The Labute approximate surface area is 132 Å². The van der Waals surface area contributed by atoms with E-state index in [1.165, 1.54) is 12.1 Å². The van der Waals surface area contributed by atoms with Gasteiger partial charge < -0.3 is 15.8 Å². The summed E-state index contributed by atoms with van der Waals surface area (Å²) in [5, 5.41) is 3.75. The molecule has 0 aromatic heterocycles. The first-order valence-corrected chi connectivity index (χ1v) is 6.91. The molecule has 0 aliphatic rings. The number of ether oxygens (including phenoxy) is 1. The smallest absolute Gasteiger partial charge is 0.143 e. The number of nitrogens with two attached hydrogens (primary N) is 1. The molecule has 0 saturated carbocycles. The van der Waals surface area contributed by atoms with Crippen LogP contribution in [0.5, 0.6) is 5.75 Å². The van der Waals surface area contributed by atoms with Crippen LogP contribution in [-0.4, -0.2) is 12.1 Å². The van der Waals surface area contributed by atoms with Gasteiger partial charge >= 0.3 is 0 Å². The van der Waals surface area contributed by atoms with Gasteiger partial charge in [0.05, 0.1) is 12.8 Å². The minimum atomic E-state index is -0.400. The standard InChI is InChI=1S/C15H14ClFN2OS/c1-8-5-13(14(20-2)7-11(8)16)19-12-4-3-9(17)6-10(12)15(18)21/h3-7,19H,1-2H3,(H2,18,21). The molecule has 0 spiro atoms.